The second kappa shape index (κ2) is 24.8. The Bertz CT molecular complexity index is 1420. The number of unbranched alkanes of at least 4 members (excludes halogenated alkanes) is 9. The summed E-state index contributed by atoms with van der Waals surface area (Å²) >= 11 is 0. The van der Waals surface area contributed by atoms with Gasteiger partial charge in [-0.1, -0.05) is 96.0 Å². The quantitative estimate of drug-likeness (QED) is 0.0191. The Morgan fingerprint density at radius 3 is 2.12 bits per heavy atom. The molecule has 11 heteroatoms. The number of carbonyl (C=O) groups excluding carboxylic acids is 1. The molecular weight excluding hydrogens is 691 g/mol. The van der Waals surface area contributed by atoms with Crippen LogP contribution in [0, 0.1) is 10.1 Å². The van der Waals surface area contributed by atoms with E-state index in [1.165, 1.54) is 44.2 Å². The lowest BCUT2D eigenvalue weighted by molar-refractivity contribution is -0.386. The Labute approximate surface area is 312 Å². The lowest BCUT2D eigenvalue weighted by Gasteiger charge is -2.15. The zero-order valence-electron chi connectivity index (χ0n) is 31.0. The van der Waals surface area contributed by atoms with Crippen LogP contribution in [-0.4, -0.2) is 56.4 Å². The van der Waals surface area contributed by atoms with Crippen molar-refractivity contribution in [3.63, 3.8) is 0 Å². The molecule has 0 saturated heterocycles. The van der Waals surface area contributed by atoms with E-state index in [0.717, 1.165) is 77.8 Å². The minimum Gasteiger partial charge on any atom is -0.494 e. The molecule has 0 heterocycles. The topological polar surface area (TPSA) is 97.1 Å². The van der Waals surface area contributed by atoms with E-state index in [-0.39, 0.29) is 25.9 Å². The van der Waals surface area contributed by atoms with Gasteiger partial charge in [0.15, 0.2) is 5.75 Å². The fourth-order valence-corrected chi connectivity index (χ4v) is 12.2. The third-order valence-corrected chi connectivity index (χ3v) is 18.1. The number of ether oxygens (including phenoxy) is 3. The summed E-state index contributed by atoms with van der Waals surface area (Å²) in [5.41, 5.74) is 1.79. The summed E-state index contributed by atoms with van der Waals surface area (Å²) in [6.07, 6.45) is 15.2. The summed E-state index contributed by atoms with van der Waals surface area (Å²) in [7, 11) is 1.53. The maximum Gasteiger partial charge on any atom is 0.343 e. The van der Waals surface area contributed by atoms with Crippen LogP contribution in [0.25, 0.3) is 11.1 Å². The molecule has 3 rings (SSSR count). The molecule has 0 aliphatic rings. The molecule has 0 saturated carbocycles. The molecular formula is C40H56NO7Si3. The number of carbonyl (C=O) groups is 1. The fraction of sp³-hybridized carbons (Fsp3) is 0.525. The summed E-state index contributed by atoms with van der Waals surface area (Å²) < 4.78 is 23.3. The van der Waals surface area contributed by atoms with E-state index in [4.69, 9.17) is 18.6 Å². The highest BCUT2D eigenvalue weighted by atomic mass is 29.5. The SMILES string of the molecule is CCCCCCC[Si](C)[Si][Si]OCCCCCCOc1ccc(C(=O)Oc2ccc(-c3ccc(O[C@H](C)CCCCC)c([N+](=O)[O-])c3)cc2)cc1. The van der Waals surface area contributed by atoms with E-state index in [2.05, 4.69) is 20.4 Å². The average Bonchev–Trinajstić information content (AvgIpc) is 3.13. The van der Waals surface area contributed by atoms with Crippen molar-refractivity contribution in [2.75, 3.05) is 13.2 Å². The highest BCUT2D eigenvalue weighted by Gasteiger charge is 2.19. The van der Waals surface area contributed by atoms with Gasteiger partial charge in [0.1, 0.15) is 11.5 Å². The summed E-state index contributed by atoms with van der Waals surface area (Å²) in [6, 6.07) is 20.3. The predicted molar refractivity (Wildman–Crippen MR) is 211 cm³/mol. The second-order valence-corrected chi connectivity index (χ2v) is 22.1. The fourth-order valence-electron chi connectivity index (χ4n) is 5.52. The monoisotopic (exact) mass is 746 g/mol. The number of esters is 1. The summed E-state index contributed by atoms with van der Waals surface area (Å²) in [5, 5.41) is 11.8. The van der Waals surface area contributed by atoms with Crippen LogP contribution in [0.3, 0.4) is 0 Å². The Balaban J connectivity index is 1.33. The van der Waals surface area contributed by atoms with E-state index in [1.807, 2.05) is 13.0 Å². The van der Waals surface area contributed by atoms with Crippen molar-refractivity contribution >= 4 is 37.8 Å². The number of nitro benzene ring substituents is 1. The molecule has 0 aromatic heterocycles. The first-order valence-electron chi connectivity index (χ1n) is 18.8. The highest BCUT2D eigenvalue weighted by molar-refractivity contribution is 7.34. The molecule has 275 valence electrons. The average molecular weight is 747 g/mol. The van der Waals surface area contributed by atoms with E-state index in [9.17, 15) is 14.9 Å². The van der Waals surface area contributed by atoms with Crippen LogP contribution >= 0.6 is 0 Å². The van der Waals surface area contributed by atoms with Gasteiger partial charge in [0.05, 0.1) is 31.8 Å². The minimum atomic E-state index is -0.471. The van der Waals surface area contributed by atoms with E-state index >= 15 is 0 Å². The predicted octanol–water partition coefficient (Wildman–Crippen LogP) is 10.6. The van der Waals surface area contributed by atoms with Gasteiger partial charge in [-0.25, -0.2) is 4.79 Å². The van der Waals surface area contributed by atoms with E-state index in [1.54, 1.807) is 54.6 Å². The Kier molecular flexibility index (Phi) is 20.5. The molecule has 3 aromatic rings. The van der Waals surface area contributed by atoms with Gasteiger partial charge in [0, 0.05) is 21.0 Å². The third kappa shape index (κ3) is 16.7. The molecule has 0 unspecified atom stereocenters. The van der Waals surface area contributed by atoms with Crippen molar-refractivity contribution in [2.45, 2.75) is 123 Å². The number of hydrogen-bond donors (Lipinski definition) is 0. The molecule has 3 aromatic carbocycles. The molecule has 0 bridgehead atoms. The molecule has 5 radical (unpaired) electrons. The lowest BCUT2D eigenvalue weighted by Crippen LogP contribution is -2.25. The van der Waals surface area contributed by atoms with Crippen LogP contribution < -0.4 is 14.2 Å². The Morgan fingerprint density at radius 2 is 1.41 bits per heavy atom. The van der Waals surface area contributed by atoms with Gasteiger partial charge in [-0.2, -0.15) is 0 Å². The lowest BCUT2D eigenvalue weighted by atomic mass is 10.0. The molecule has 0 N–H and O–H groups in total. The molecule has 8 nitrogen and oxygen atoms in total. The Hall–Kier alpha value is -3.26. The van der Waals surface area contributed by atoms with Gasteiger partial charge in [0.2, 0.25) is 9.28 Å². The van der Waals surface area contributed by atoms with Gasteiger partial charge in [0.25, 0.3) is 0 Å². The van der Waals surface area contributed by atoms with Crippen molar-refractivity contribution < 1.29 is 28.4 Å². The zero-order chi connectivity index (χ0) is 36.7. The molecule has 0 fully saturated rings. The molecule has 51 heavy (non-hydrogen) atoms. The maximum absolute atomic E-state index is 12.8. The summed E-state index contributed by atoms with van der Waals surface area (Å²) in [6.45, 7) is 10.3. The molecule has 0 spiro atoms. The van der Waals surface area contributed by atoms with Crippen molar-refractivity contribution in [1.82, 2.24) is 0 Å². The van der Waals surface area contributed by atoms with Crippen LogP contribution in [0.4, 0.5) is 5.69 Å². The number of benzene rings is 3. The normalized spacial score (nSPS) is 11.8. The van der Waals surface area contributed by atoms with Gasteiger partial charge < -0.3 is 18.6 Å². The first kappa shape index (κ1) is 42.2. The smallest absolute Gasteiger partial charge is 0.343 e. The van der Waals surface area contributed by atoms with Gasteiger partial charge >= 0.3 is 11.7 Å². The van der Waals surface area contributed by atoms with Crippen LogP contribution in [0.1, 0.15) is 115 Å². The van der Waals surface area contributed by atoms with Gasteiger partial charge in [-0.05, 0) is 92.6 Å². The largest absolute Gasteiger partial charge is 0.494 e. The Morgan fingerprint density at radius 1 is 0.784 bits per heavy atom. The van der Waals surface area contributed by atoms with Crippen LogP contribution in [0.2, 0.25) is 12.6 Å². The second-order valence-electron chi connectivity index (χ2n) is 13.1. The van der Waals surface area contributed by atoms with Crippen LogP contribution in [-0.2, 0) is 4.43 Å². The first-order valence-corrected chi connectivity index (χ1v) is 24.9. The highest BCUT2D eigenvalue weighted by Crippen LogP contribution is 2.34. The third-order valence-electron chi connectivity index (χ3n) is 8.59. The van der Waals surface area contributed by atoms with Crippen molar-refractivity contribution in [2.24, 2.45) is 0 Å². The summed E-state index contributed by atoms with van der Waals surface area (Å²) in [4.78, 5) is 24.2. The zero-order valence-corrected chi connectivity index (χ0v) is 34.0. The summed E-state index contributed by atoms with van der Waals surface area (Å²) in [5.74, 6) is 0.905. The van der Waals surface area contributed by atoms with Gasteiger partial charge in [-0.15, -0.1) is 0 Å². The number of rotatable bonds is 27. The minimum absolute atomic E-state index is 0.0707. The standard InChI is InChI=1S/C40H56NO7Si3/c1-5-7-9-12-16-30-51(4)50-49-46-29-15-11-10-14-28-45-36-23-20-34(21-24-36)40(42)48-37-25-18-33(19-26-37)35-22-27-39(38(31-35)41(43)44)47-32(3)17-13-8-6-2/h18-27,31-32H,5-17,28-30H2,1-4H3/t32-/m1/s1. The van der Waals surface area contributed by atoms with Crippen molar-refractivity contribution in [3.8, 4) is 28.4 Å². The van der Waals surface area contributed by atoms with Crippen LogP contribution in [0.15, 0.2) is 66.7 Å². The maximum atomic E-state index is 12.8. The molecule has 0 amide bonds. The van der Waals surface area contributed by atoms with Gasteiger partial charge in [-0.3, -0.25) is 10.1 Å². The molecule has 1 atom stereocenters. The molecule has 0 aliphatic heterocycles. The molecule has 0 aliphatic carbocycles. The first-order chi connectivity index (χ1) is 24.8. The number of nitrogens with zero attached hydrogens (tertiary/aromatic N) is 1. The van der Waals surface area contributed by atoms with E-state index < -0.39 is 10.9 Å². The number of hydrogen-bond acceptors (Lipinski definition) is 7. The van der Waals surface area contributed by atoms with E-state index in [0.29, 0.717) is 32.8 Å². The number of nitro groups is 1. The van der Waals surface area contributed by atoms with Crippen LogP contribution in [0.5, 0.6) is 17.2 Å². The van der Waals surface area contributed by atoms with Crippen molar-refractivity contribution in [1.29, 1.82) is 0 Å². The van der Waals surface area contributed by atoms with Crippen molar-refractivity contribution in [3.05, 3.63) is 82.4 Å².